The van der Waals surface area contributed by atoms with Gasteiger partial charge >= 0.3 is 0 Å². The fourth-order valence-corrected chi connectivity index (χ4v) is 2.81. The van der Waals surface area contributed by atoms with Gasteiger partial charge in [0.15, 0.2) is 0 Å². The second-order valence-electron chi connectivity index (χ2n) is 7.37. The predicted octanol–water partition coefficient (Wildman–Crippen LogP) is 1.49. The van der Waals surface area contributed by atoms with E-state index in [0.29, 0.717) is 13.1 Å². The normalized spacial score (nSPS) is 22.7. The van der Waals surface area contributed by atoms with Crippen molar-refractivity contribution in [3.8, 4) is 0 Å². The third-order valence-corrected chi connectivity index (χ3v) is 4.30. The number of benzene rings is 1. The molecule has 126 valence electrons. The first-order chi connectivity index (χ1) is 10.7. The molecule has 23 heavy (non-hydrogen) atoms. The van der Waals surface area contributed by atoms with Gasteiger partial charge in [-0.25, -0.2) is 0 Å². The van der Waals surface area contributed by atoms with Crippen LogP contribution in [-0.2, 0) is 9.59 Å². The number of hydrogen-bond donors (Lipinski definition) is 2. The van der Waals surface area contributed by atoms with Gasteiger partial charge in [0.25, 0.3) is 0 Å². The smallest absolute Gasteiger partial charge is 0.244 e. The lowest BCUT2D eigenvalue weighted by Crippen LogP contribution is -2.49. The molecule has 1 heterocycles. The van der Waals surface area contributed by atoms with Crippen molar-refractivity contribution in [2.75, 3.05) is 13.1 Å². The highest BCUT2D eigenvalue weighted by molar-refractivity contribution is 5.89. The fraction of sp³-hybridized carbons (Fsp3) is 0.556. The molecule has 5 nitrogen and oxygen atoms in total. The molecule has 3 atom stereocenters. The average molecular weight is 317 g/mol. The summed E-state index contributed by atoms with van der Waals surface area (Å²) < 4.78 is 0. The standard InChI is InChI=1S/C18H27N3O2/c1-12(20-17(23)18(2,3)4)16(22)21-10-14(15(19)11-21)13-8-6-5-7-9-13/h5-9,12,14-15H,10-11,19H2,1-4H3,(H,20,23)/t12?,14-,15+/m0/s1. The Labute approximate surface area is 138 Å². The highest BCUT2D eigenvalue weighted by atomic mass is 16.2. The van der Waals surface area contributed by atoms with Crippen LogP contribution in [0.3, 0.4) is 0 Å². The van der Waals surface area contributed by atoms with Crippen molar-refractivity contribution in [1.29, 1.82) is 0 Å². The van der Waals surface area contributed by atoms with Crippen LogP contribution in [0.25, 0.3) is 0 Å². The zero-order valence-electron chi connectivity index (χ0n) is 14.4. The highest BCUT2D eigenvalue weighted by Gasteiger charge is 2.36. The van der Waals surface area contributed by atoms with E-state index < -0.39 is 11.5 Å². The number of nitrogens with zero attached hydrogens (tertiary/aromatic N) is 1. The van der Waals surface area contributed by atoms with Crippen molar-refractivity contribution in [3.05, 3.63) is 35.9 Å². The van der Waals surface area contributed by atoms with Crippen LogP contribution in [0.2, 0.25) is 0 Å². The Kier molecular flexibility index (Phi) is 5.09. The van der Waals surface area contributed by atoms with Crippen molar-refractivity contribution in [2.45, 2.75) is 45.7 Å². The quantitative estimate of drug-likeness (QED) is 0.887. The van der Waals surface area contributed by atoms with Gasteiger partial charge in [0.2, 0.25) is 11.8 Å². The van der Waals surface area contributed by atoms with Gasteiger partial charge in [-0.3, -0.25) is 9.59 Å². The Balaban J connectivity index is 2.00. The van der Waals surface area contributed by atoms with Gasteiger partial charge in [0.1, 0.15) is 6.04 Å². The maximum Gasteiger partial charge on any atom is 0.244 e. The van der Waals surface area contributed by atoms with Gasteiger partial charge in [-0.15, -0.1) is 0 Å². The minimum absolute atomic E-state index is 0.0727. The molecular weight excluding hydrogens is 290 g/mol. The molecule has 3 N–H and O–H groups in total. The van der Waals surface area contributed by atoms with E-state index in [-0.39, 0.29) is 23.8 Å². The molecule has 1 aliphatic rings. The molecule has 1 fully saturated rings. The van der Waals surface area contributed by atoms with Crippen LogP contribution in [0.1, 0.15) is 39.2 Å². The molecule has 0 aliphatic carbocycles. The number of nitrogens with one attached hydrogen (secondary N) is 1. The molecule has 0 saturated carbocycles. The number of rotatable bonds is 3. The van der Waals surface area contributed by atoms with Crippen LogP contribution in [0.5, 0.6) is 0 Å². The van der Waals surface area contributed by atoms with Gasteiger partial charge in [0.05, 0.1) is 0 Å². The number of hydrogen-bond acceptors (Lipinski definition) is 3. The van der Waals surface area contributed by atoms with Crippen LogP contribution >= 0.6 is 0 Å². The minimum atomic E-state index is -0.538. The van der Waals surface area contributed by atoms with Crippen LogP contribution in [0.4, 0.5) is 0 Å². The zero-order valence-corrected chi connectivity index (χ0v) is 14.4. The first-order valence-electron chi connectivity index (χ1n) is 8.10. The van der Waals surface area contributed by atoms with Gasteiger partial charge < -0.3 is 16.0 Å². The van der Waals surface area contributed by atoms with Crippen molar-refractivity contribution in [1.82, 2.24) is 10.2 Å². The van der Waals surface area contributed by atoms with Crippen molar-refractivity contribution in [2.24, 2.45) is 11.1 Å². The van der Waals surface area contributed by atoms with Gasteiger partial charge in [-0.1, -0.05) is 51.1 Å². The molecular formula is C18H27N3O2. The Bertz CT molecular complexity index is 565. The lowest BCUT2D eigenvalue weighted by atomic mass is 9.95. The maximum atomic E-state index is 12.6. The Morgan fingerprint density at radius 2 is 1.83 bits per heavy atom. The van der Waals surface area contributed by atoms with Gasteiger partial charge in [0, 0.05) is 30.5 Å². The lowest BCUT2D eigenvalue weighted by molar-refractivity contribution is -0.137. The third kappa shape index (κ3) is 4.10. The lowest BCUT2D eigenvalue weighted by Gasteiger charge is -2.25. The molecule has 0 spiro atoms. The van der Waals surface area contributed by atoms with E-state index in [1.807, 2.05) is 51.1 Å². The summed E-state index contributed by atoms with van der Waals surface area (Å²) in [7, 11) is 0. The number of carbonyl (C=O) groups is 2. The van der Waals surface area contributed by atoms with Crippen molar-refractivity contribution >= 4 is 11.8 Å². The zero-order chi connectivity index (χ0) is 17.2. The molecule has 5 heteroatoms. The monoisotopic (exact) mass is 317 g/mol. The first kappa shape index (κ1) is 17.5. The van der Waals surface area contributed by atoms with E-state index >= 15 is 0 Å². The van der Waals surface area contributed by atoms with Crippen LogP contribution in [0, 0.1) is 5.41 Å². The Morgan fingerprint density at radius 3 is 2.39 bits per heavy atom. The molecule has 0 aromatic heterocycles. The molecule has 1 unspecified atom stereocenters. The van der Waals surface area contributed by atoms with E-state index in [9.17, 15) is 9.59 Å². The molecule has 1 aliphatic heterocycles. The fourth-order valence-electron chi connectivity index (χ4n) is 2.81. The summed E-state index contributed by atoms with van der Waals surface area (Å²) in [5, 5.41) is 2.79. The average Bonchev–Trinajstić information content (AvgIpc) is 2.88. The van der Waals surface area contributed by atoms with Crippen LogP contribution in [0.15, 0.2) is 30.3 Å². The predicted molar refractivity (Wildman–Crippen MR) is 90.8 cm³/mol. The number of nitrogens with two attached hydrogens (primary N) is 1. The molecule has 2 rings (SSSR count). The number of likely N-dealkylation sites (tertiary alicyclic amines) is 1. The second kappa shape index (κ2) is 6.71. The van der Waals surface area contributed by atoms with Crippen molar-refractivity contribution in [3.63, 3.8) is 0 Å². The van der Waals surface area contributed by atoms with E-state index in [1.165, 1.54) is 0 Å². The maximum absolute atomic E-state index is 12.6. The summed E-state index contributed by atoms with van der Waals surface area (Å²) in [6.07, 6.45) is 0. The molecule has 1 aromatic rings. The number of amides is 2. The molecule has 0 radical (unpaired) electrons. The third-order valence-electron chi connectivity index (χ3n) is 4.30. The van der Waals surface area contributed by atoms with Gasteiger partial charge in [-0.2, -0.15) is 0 Å². The summed E-state index contributed by atoms with van der Waals surface area (Å²) in [6, 6.07) is 9.41. The topological polar surface area (TPSA) is 75.4 Å². The highest BCUT2D eigenvalue weighted by Crippen LogP contribution is 2.26. The van der Waals surface area contributed by atoms with E-state index in [4.69, 9.17) is 5.73 Å². The minimum Gasteiger partial charge on any atom is -0.344 e. The SMILES string of the molecule is CC(NC(=O)C(C)(C)C)C(=O)N1C[C@@H](N)[C@H](c2ccccc2)C1. The molecule has 0 bridgehead atoms. The van der Waals surface area contributed by atoms with Crippen LogP contribution < -0.4 is 11.1 Å². The van der Waals surface area contributed by atoms with E-state index in [1.54, 1.807) is 11.8 Å². The Morgan fingerprint density at radius 1 is 1.22 bits per heavy atom. The number of carbonyl (C=O) groups excluding carboxylic acids is 2. The molecule has 1 saturated heterocycles. The summed E-state index contributed by atoms with van der Waals surface area (Å²) >= 11 is 0. The molecule has 2 amide bonds. The molecule has 1 aromatic carbocycles. The second-order valence-corrected chi connectivity index (χ2v) is 7.37. The first-order valence-corrected chi connectivity index (χ1v) is 8.10. The summed E-state index contributed by atoms with van der Waals surface area (Å²) in [6.45, 7) is 8.34. The van der Waals surface area contributed by atoms with E-state index in [2.05, 4.69) is 5.32 Å². The summed E-state index contributed by atoms with van der Waals surface area (Å²) in [4.78, 5) is 26.4. The van der Waals surface area contributed by atoms with Crippen molar-refractivity contribution < 1.29 is 9.59 Å². The van der Waals surface area contributed by atoms with Crippen LogP contribution in [-0.4, -0.2) is 41.9 Å². The Hall–Kier alpha value is -1.88. The largest absolute Gasteiger partial charge is 0.344 e. The summed E-state index contributed by atoms with van der Waals surface area (Å²) in [5.41, 5.74) is 6.87. The summed E-state index contributed by atoms with van der Waals surface area (Å²) in [5.74, 6) is -0.0522. The van der Waals surface area contributed by atoms with E-state index in [0.717, 1.165) is 5.56 Å². The van der Waals surface area contributed by atoms with Gasteiger partial charge in [-0.05, 0) is 12.5 Å².